The third-order valence-electron chi connectivity index (χ3n) is 2.57. The molecule has 1 amide bonds. The first-order chi connectivity index (χ1) is 9.62. The van der Waals surface area contributed by atoms with Gasteiger partial charge in [-0.3, -0.25) is 9.59 Å². The number of nitrogens with one attached hydrogen (secondary N) is 1. The van der Waals surface area contributed by atoms with Crippen LogP contribution < -0.4 is 11.1 Å². The van der Waals surface area contributed by atoms with Crippen molar-refractivity contribution in [1.29, 1.82) is 0 Å². The molecule has 21 heavy (non-hydrogen) atoms. The second kappa shape index (κ2) is 6.62. The zero-order chi connectivity index (χ0) is 16.2. The van der Waals surface area contributed by atoms with Crippen LogP contribution in [-0.4, -0.2) is 30.1 Å². The number of benzene rings is 1. The molecule has 0 aromatic heterocycles. The second-order valence-electron chi connectivity index (χ2n) is 5.36. The molecule has 0 aliphatic carbocycles. The first-order valence-corrected chi connectivity index (χ1v) is 6.32. The zero-order valence-corrected chi connectivity index (χ0v) is 12.1. The van der Waals surface area contributed by atoms with Gasteiger partial charge in [-0.25, -0.2) is 8.78 Å². The van der Waals surface area contributed by atoms with Gasteiger partial charge in [0.25, 0.3) is 5.91 Å². The van der Waals surface area contributed by atoms with Crippen LogP contribution in [-0.2, 0) is 9.53 Å². The second-order valence-corrected chi connectivity index (χ2v) is 5.36. The van der Waals surface area contributed by atoms with Crippen LogP contribution in [0, 0.1) is 11.6 Å². The zero-order valence-electron chi connectivity index (χ0n) is 12.1. The standard InChI is InChI=1S/C14H18F2N2O3/c1-8(17)13(20)21-7-14(2,3)18-12(19)10-5-4-9(15)6-11(10)16/h4-6,8H,7,17H2,1-3H3,(H,18,19). The van der Waals surface area contributed by atoms with Crippen LogP contribution in [0.3, 0.4) is 0 Å². The molecule has 0 saturated heterocycles. The van der Waals surface area contributed by atoms with Crippen LogP contribution in [0.1, 0.15) is 31.1 Å². The van der Waals surface area contributed by atoms with E-state index in [0.717, 1.165) is 12.1 Å². The van der Waals surface area contributed by atoms with E-state index in [1.54, 1.807) is 13.8 Å². The molecule has 0 aliphatic heterocycles. The molecular weight excluding hydrogens is 282 g/mol. The van der Waals surface area contributed by atoms with Gasteiger partial charge in [-0.15, -0.1) is 0 Å². The summed E-state index contributed by atoms with van der Waals surface area (Å²) >= 11 is 0. The van der Waals surface area contributed by atoms with E-state index in [9.17, 15) is 18.4 Å². The van der Waals surface area contributed by atoms with Crippen molar-refractivity contribution in [2.45, 2.75) is 32.4 Å². The number of rotatable bonds is 5. The van der Waals surface area contributed by atoms with Gasteiger partial charge >= 0.3 is 5.97 Å². The SMILES string of the molecule is CC(N)C(=O)OCC(C)(C)NC(=O)c1ccc(F)cc1F. The van der Waals surface area contributed by atoms with Crippen LogP contribution in [0.25, 0.3) is 0 Å². The molecule has 0 heterocycles. The fourth-order valence-corrected chi connectivity index (χ4v) is 1.47. The topological polar surface area (TPSA) is 81.4 Å². The van der Waals surface area contributed by atoms with E-state index in [2.05, 4.69) is 5.32 Å². The molecule has 1 rings (SSSR count). The predicted molar refractivity (Wildman–Crippen MR) is 72.5 cm³/mol. The van der Waals surface area contributed by atoms with Gasteiger partial charge in [0.1, 0.15) is 24.3 Å². The number of amides is 1. The van der Waals surface area contributed by atoms with Crippen LogP contribution in [0.15, 0.2) is 18.2 Å². The van der Waals surface area contributed by atoms with Crippen molar-refractivity contribution in [1.82, 2.24) is 5.32 Å². The van der Waals surface area contributed by atoms with Gasteiger partial charge in [0, 0.05) is 6.07 Å². The average Bonchev–Trinajstić information content (AvgIpc) is 2.35. The molecule has 0 bridgehead atoms. The molecule has 1 atom stereocenters. The van der Waals surface area contributed by atoms with Gasteiger partial charge < -0.3 is 15.8 Å². The average molecular weight is 300 g/mol. The fraction of sp³-hybridized carbons (Fsp3) is 0.429. The summed E-state index contributed by atoms with van der Waals surface area (Å²) in [4.78, 5) is 23.2. The lowest BCUT2D eigenvalue weighted by Gasteiger charge is -2.26. The van der Waals surface area contributed by atoms with Crippen LogP contribution >= 0.6 is 0 Å². The van der Waals surface area contributed by atoms with Crippen molar-refractivity contribution in [3.8, 4) is 0 Å². The first kappa shape index (κ1) is 17.0. The summed E-state index contributed by atoms with van der Waals surface area (Å²) in [6.45, 7) is 4.55. The fourth-order valence-electron chi connectivity index (χ4n) is 1.47. The van der Waals surface area contributed by atoms with Gasteiger partial charge in [0.15, 0.2) is 0 Å². The van der Waals surface area contributed by atoms with Crippen molar-refractivity contribution in [2.24, 2.45) is 5.73 Å². The van der Waals surface area contributed by atoms with Crippen molar-refractivity contribution < 1.29 is 23.1 Å². The van der Waals surface area contributed by atoms with Gasteiger partial charge in [-0.1, -0.05) is 0 Å². The van der Waals surface area contributed by atoms with Crippen LogP contribution in [0.5, 0.6) is 0 Å². The third kappa shape index (κ3) is 5.11. The highest BCUT2D eigenvalue weighted by molar-refractivity contribution is 5.94. The molecule has 116 valence electrons. The molecule has 0 saturated carbocycles. The summed E-state index contributed by atoms with van der Waals surface area (Å²) in [5, 5.41) is 2.51. The Morgan fingerprint density at radius 1 is 1.38 bits per heavy atom. The van der Waals surface area contributed by atoms with Gasteiger partial charge in [0.2, 0.25) is 0 Å². The van der Waals surface area contributed by atoms with Crippen LogP contribution in [0.4, 0.5) is 8.78 Å². The van der Waals surface area contributed by atoms with Crippen LogP contribution in [0.2, 0.25) is 0 Å². The Balaban J connectivity index is 2.70. The maximum absolute atomic E-state index is 13.5. The highest BCUT2D eigenvalue weighted by Crippen LogP contribution is 2.12. The van der Waals surface area contributed by atoms with E-state index in [4.69, 9.17) is 10.5 Å². The normalized spacial score (nSPS) is 12.7. The van der Waals surface area contributed by atoms with E-state index >= 15 is 0 Å². The lowest BCUT2D eigenvalue weighted by Crippen LogP contribution is -2.48. The monoisotopic (exact) mass is 300 g/mol. The summed E-state index contributed by atoms with van der Waals surface area (Å²) in [5.41, 5.74) is 4.13. The maximum atomic E-state index is 13.5. The maximum Gasteiger partial charge on any atom is 0.322 e. The molecule has 0 radical (unpaired) electrons. The number of ether oxygens (including phenoxy) is 1. The highest BCUT2D eigenvalue weighted by atomic mass is 19.1. The smallest absolute Gasteiger partial charge is 0.322 e. The Morgan fingerprint density at radius 3 is 2.52 bits per heavy atom. The molecule has 5 nitrogen and oxygen atoms in total. The Labute approximate surface area is 121 Å². The molecule has 1 aromatic rings. The summed E-state index contributed by atoms with van der Waals surface area (Å²) in [7, 11) is 0. The Morgan fingerprint density at radius 2 is 2.00 bits per heavy atom. The number of carbonyl (C=O) groups excluding carboxylic acids is 2. The highest BCUT2D eigenvalue weighted by Gasteiger charge is 2.25. The van der Waals surface area contributed by atoms with Gasteiger partial charge in [-0.05, 0) is 32.9 Å². The van der Waals surface area contributed by atoms with E-state index in [1.807, 2.05) is 0 Å². The molecule has 0 aliphatic rings. The number of carbonyl (C=O) groups is 2. The minimum atomic E-state index is -0.962. The lowest BCUT2D eigenvalue weighted by molar-refractivity contribution is -0.146. The molecule has 1 unspecified atom stereocenters. The number of esters is 1. The van der Waals surface area contributed by atoms with Crippen molar-refractivity contribution in [2.75, 3.05) is 6.61 Å². The molecule has 7 heteroatoms. The number of halogens is 2. The molecular formula is C14H18F2N2O3. The minimum absolute atomic E-state index is 0.123. The van der Waals surface area contributed by atoms with E-state index in [1.165, 1.54) is 6.92 Å². The Bertz CT molecular complexity index is 545. The van der Waals surface area contributed by atoms with Crippen molar-refractivity contribution >= 4 is 11.9 Å². The lowest BCUT2D eigenvalue weighted by atomic mass is 10.1. The van der Waals surface area contributed by atoms with Gasteiger partial charge in [-0.2, -0.15) is 0 Å². The minimum Gasteiger partial charge on any atom is -0.462 e. The first-order valence-electron chi connectivity index (χ1n) is 6.32. The Kier molecular flexibility index (Phi) is 5.37. The number of hydrogen-bond donors (Lipinski definition) is 2. The quantitative estimate of drug-likeness (QED) is 0.805. The predicted octanol–water partition coefficient (Wildman–Crippen LogP) is 1.36. The summed E-state index contributed by atoms with van der Waals surface area (Å²) in [6, 6.07) is 1.88. The molecule has 0 fully saturated rings. The molecule has 3 N–H and O–H groups in total. The van der Waals surface area contributed by atoms with E-state index < -0.39 is 35.1 Å². The van der Waals surface area contributed by atoms with E-state index in [-0.39, 0.29) is 12.2 Å². The largest absolute Gasteiger partial charge is 0.462 e. The summed E-state index contributed by atoms with van der Waals surface area (Å²) < 4.78 is 31.2. The Hall–Kier alpha value is -2.02. The molecule has 0 spiro atoms. The molecule has 1 aromatic carbocycles. The summed E-state index contributed by atoms with van der Waals surface area (Å²) in [6.07, 6.45) is 0. The van der Waals surface area contributed by atoms with Crippen molar-refractivity contribution in [3.05, 3.63) is 35.4 Å². The number of hydrogen-bond acceptors (Lipinski definition) is 4. The van der Waals surface area contributed by atoms with Crippen molar-refractivity contribution in [3.63, 3.8) is 0 Å². The number of nitrogens with two attached hydrogens (primary N) is 1. The summed E-state index contributed by atoms with van der Waals surface area (Å²) in [5.74, 6) is -3.07. The van der Waals surface area contributed by atoms with Gasteiger partial charge in [0.05, 0.1) is 11.1 Å². The van der Waals surface area contributed by atoms with E-state index in [0.29, 0.717) is 6.07 Å². The third-order valence-corrected chi connectivity index (χ3v) is 2.57.